The number of hydrogen-bond acceptors (Lipinski definition) is 12. The van der Waals surface area contributed by atoms with Crippen LogP contribution in [0.1, 0.15) is 80.2 Å². The molecule has 17 heteroatoms. The Morgan fingerprint density at radius 2 is 1.60 bits per heavy atom. The molecule has 9 rings (SSSR count). The molecule has 1 aliphatic carbocycles. The number of alkyl halides is 2. The number of anilines is 1. The van der Waals surface area contributed by atoms with Crippen LogP contribution in [-0.2, 0) is 28.7 Å². The number of nitrogens with one attached hydrogen (secondary N) is 1. The molecule has 4 heterocycles. The van der Waals surface area contributed by atoms with E-state index < -0.39 is 65.5 Å². The van der Waals surface area contributed by atoms with Crippen LogP contribution in [0.4, 0.5) is 14.6 Å². The molecular weight excluding hydrogens is 912 g/mol. The van der Waals surface area contributed by atoms with Crippen LogP contribution in [0.3, 0.4) is 0 Å². The highest BCUT2D eigenvalue weighted by atomic mass is 32.7. The Morgan fingerprint density at radius 1 is 0.926 bits per heavy atom. The molecule has 9 atom stereocenters. The third kappa shape index (κ3) is 8.53. The van der Waals surface area contributed by atoms with Gasteiger partial charge in [0.2, 0.25) is 0 Å². The van der Waals surface area contributed by atoms with Crippen LogP contribution in [0.15, 0.2) is 134 Å². The van der Waals surface area contributed by atoms with E-state index in [1.165, 1.54) is 24.1 Å². The minimum Gasteiger partial charge on any atom is -0.497 e. The van der Waals surface area contributed by atoms with Crippen molar-refractivity contribution >= 4 is 41.1 Å². The van der Waals surface area contributed by atoms with Crippen LogP contribution in [0.5, 0.6) is 11.5 Å². The van der Waals surface area contributed by atoms with Crippen molar-refractivity contribution in [3.8, 4) is 11.5 Å². The highest BCUT2D eigenvalue weighted by Crippen LogP contribution is 2.77. The van der Waals surface area contributed by atoms with E-state index in [0.717, 1.165) is 30.3 Å². The van der Waals surface area contributed by atoms with Crippen LogP contribution in [0.2, 0.25) is 0 Å². The summed E-state index contributed by atoms with van der Waals surface area (Å²) in [4.78, 5) is 26.8. The summed E-state index contributed by atoms with van der Waals surface area (Å²) in [7, 11) is 3.14. The highest BCUT2D eigenvalue weighted by Gasteiger charge is 2.69. The van der Waals surface area contributed by atoms with E-state index in [1.807, 2.05) is 92.7 Å². The fraction of sp³-hybridized carbons (Fsp3) is 0.373. The summed E-state index contributed by atoms with van der Waals surface area (Å²) in [6.07, 6.45) is -0.396. The van der Waals surface area contributed by atoms with Gasteiger partial charge in [0.15, 0.2) is 23.2 Å². The van der Waals surface area contributed by atoms with Gasteiger partial charge in [-0.3, -0.25) is 18.4 Å². The SMILES string of the molecule is C=C(C)[C@H]1CC[C@@]2(C)S[P@@](=O)(O[C@H]3[C@H](n4cnc5c(NC(=O)c6ccccc6)ncnc54)O[C@H](COC(c4ccccc4)(c4ccc(OC)cc4)c4cccc(OC)c4)[C@@]3(C)C(C)(F)F)O[C@@H]2C1. The molecule has 2 aromatic heterocycles. The number of rotatable bonds is 15. The number of halogens is 2. The Hall–Kier alpha value is -5.48. The van der Waals surface area contributed by atoms with Gasteiger partial charge < -0.3 is 24.3 Å². The zero-order chi connectivity index (χ0) is 48.1. The molecule has 1 amide bonds. The second kappa shape index (κ2) is 18.4. The number of aromatic nitrogens is 4. The number of benzene rings is 4. The number of hydrogen-bond donors (Lipinski definition) is 1. The molecule has 1 unspecified atom stereocenters. The summed E-state index contributed by atoms with van der Waals surface area (Å²) < 4.78 is 89.0. The molecule has 6 aromatic rings. The smallest absolute Gasteiger partial charge is 0.390 e. The topological polar surface area (TPSA) is 145 Å². The molecule has 3 fully saturated rings. The average Bonchev–Trinajstić information content (AvgIpc) is 3.98. The monoisotopic (exact) mass is 965 g/mol. The molecule has 2 saturated heterocycles. The first kappa shape index (κ1) is 47.6. The van der Waals surface area contributed by atoms with E-state index in [4.69, 9.17) is 28.0 Å². The van der Waals surface area contributed by atoms with E-state index in [1.54, 1.807) is 44.6 Å². The van der Waals surface area contributed by atoms with Crippen molar-refractivity contribution < 1.29 is 46.1 Å². The van der Waals surface area contributed by atoms with Crippen molar-refractivity contribution in [3.05, 3.63) is 156 Å². The van der Waals surface area contributed by atoms with Crippen molar-refractivity contribution in [2.75, 3.05) is 26.1 Å². The molecular formula is C51H54F2N5O8PS. The molecule has 0 radical (unpaired) electrons. The maximum atomic E-state index is 17.2. The summed E-state index contributed by atoms with van der Waals surface area (Å²) >= 11 is 1.07. The van der Waals surface area contributed by atoms with Crippen LogP contribution in [0.25, 0.3) is 11.2 Å². The first-order valence-corrected chi connectivity index (χ1v) is 25.4. The van der Waals surface area contributed by atoms with Gasteiger partial charge >= 0.3 is 6.80 Å². The number of carbonyl (C=O) groups excluding carboxylic acids is 1. The number of carbonyl (C=O) groups is 1. The number of allylic oxidation sites excluding steroid dienone is 1. The van der Waals surface area contributed by atoms with Crippen LogP contribution >= 0.6 is 18.2 Å². The largest absolute Gasteiger partial charge is 0.497 e. The molecule has 356 valence electrons. The van der Waals surface area contributed by atoms with Crippen molar-refractivity contribution in [2.24, 2.45) is 11.3 Å². The maximum Gasteiger partial charge on any atom is 0.390 e. The zero-order valence-corrected chi connectivity index (χ0v) is 40.3. The summed E-state index contributed by atoms with van der Waals surface area (Å²) in [5.74, 6) is -2.64. The van der Waals surface area contributed by atoms with Gasteiger partial charge in [0, 0.05) is 12.5 Å². The second-order valence-electron chi connectivity index (χ2n) is 18.2. The first-order chi connectivity index (χ1) is 32.5. The molecule has 1 saturated carbocycles. The predicted octanol–water partition coefficient (Wildman–Crippen LogP) is 11.4. The zero-order valence-electron chi connectivity index (χ0n) is 38.6. The Bertz CT molecular complexity index is 2860. The fourth-order valence-electron chi connectivity index (χ4n) is 9.74. The molecule has 1 N–H and O–H groups in total. The van der Waals surface area contributed by atoms with Crippen molar-refractivity contribution in [1.29, 1.82) is 0 Å². The van der Waals surface area contributed by atoms with E-state index in [9.17, 15) is 4.79 Å². The van der Waals surface area contributed by atoms with Crippen LogP contribution in [-0.4, -0.2) is 75.2 Å². The fourth-order valence-corrected chi connectivity index (χ4v) is 15.2. The third-order valence-electron chi connectivity index (χ3n) is 14.0. The molecule has 2 aliphatic heterocycles. The number of ether oxygens (including phenoxy) is 4. The lowest BCUT2D eigenvalue weighted by Crippen LogP contribution is -2.53. The van der Waals surface area contributed by atoms with E-state index in [0.29, 0.717) is 46.6 Å². The third-order valence-corrected chi connectivity index (χ3v) is 18.5. The Balaban J connectivity index is 1.17. The number of imidazole rings is 1. The molecule has 3 aliphatic rings. The maximum absolute atomic E-state index is 17.2. The van der Waals surface area contributed by atoms with Gasteiger partial charge in [0.1, 0.15) is 29.5 Å². The van der Waals surface area contributed by atoms with Gasteiger partial charge in [0.05, 0.1) is 49.5 Å². The number of fused-ring (bicyclic) bond motifs is 2. The van der Waals surface area contributed by atoms with Crippen LogP contribution < -0.4 is 14.8 Å². The summed E-state index contributed by atoms with van der Waals surface area (Å²) in [6, 6.07) is 32.8. The van der Waals surface area contributed by atoms with E-state index >= 15 is 13.3 Å². The normalized spacial score (nSPS) is 27.9. The average molecular weight is 966 g/mol. The molecule has 0 bridgehead atoms. The minimum absolute atomic E-state index is 0.0819. The number of methoxy groups -OCH3 is 2. The van der Waals surface area contributed by atoms with Gasteiger partial charge in [0.25, 0.3) is 11.8 Å². The first-order valence-electron chi connectivity index (χ1n) is 22.4. The Labute approximate surface area is 398 Å². The minimum atomic E-state index is -4.21. The lowest BCUT2D eigenvalue weighted by Gasteiger charge is -2.42. The lowest BCUT2D eigenvalue weighted by molar-refractivity contribution is -0.172. The summed E-state index contributed by atoms with van der Waals surface area (Å²) in [5, 5.41) is 2.80. The molecule has 13 nitrogen and oxygen atoms in total. The van der Waals surface area contributed by atoms with Crippen molar-refractivity contribution in [3.63, 3.8) is 0 Å². The van der Waals surface area contributed by atoms with Crippen molar-refractivity contribution in [1.82, 2.24) is 19.5 Å². The lowest BCUT2D eigenvalue weighted by atomic mass is 9.74. The van der Waals surface area contributed by atoms with Gasteiger partial charge in [-0.05, 0) is 110 Å². The number of nitrogens with zero attached hydrogens (tertiary/aromatic N) is 4. The van der Waals surface area contributed by atoms with Gasteiger partial charge in [-0.25, -0.2) is 28.3 Å². The quantitative estimate of drug-likeness (QED) is 0.0594. The van der Waals surface area contributed by atoms with Crippen LogP contribution in [0, 0.1) is 11.3 Å². The van der Waals surface area contributed by atoms with Gasteiger partial charge in [-0.2, -0.15) is 0 Å². The van der Waals surface area contributed by atoms with Gasteiger partial charge in [-0.15, -0.1) is 0 Å². The standard InChI is InChI=1S/C51H54F2N5O8PS/c1-32(2)34-25-26-48(3)40(27-34)65-67(60,68-48)66-43-47(58-31-56-42-44(54-30-55-45(42)58)57-46(59)33-15-10-8-11-16-33)64-41(49(43,4)50(5,52)53)29-63-51(35-17-12-9-13-18-35,36-21-23-38(61-6)24-22-36)37-19-14-20-39(28-37)62-7/h8-24,28,30-31,34,40-41,43,47H,1,25-27,29H2,2-7H3,(H,54,55,57,59)/t34-,40+,41+,43-,47+,48+,49+,51?,67+/m0/s1. The highest BCUT2D eigenvalue weighted by molar-refractivity contribution is 8.56. The second-order valence-corrected chi connectivity index (χ2v) is 22.5. The number of amides is 1. The van der Waals surface area contributed by atoms with E-state index in [-0.39, 0.29) is 22.9 Å². The van der Waals surface area contributed by atoms with E-state index in [2.05, 4.69) is 26.8 Å². The summed E-state index contributed by atoms with van der Waals surface area (Å²) in [6.45, 7) is 5.65. The predicted molar refractivity (Wildman–Crippen MR) is 256 cm³/mol. The van der Waals surface area contributed by atoms with Gasteiger partial charge in [-0.1, -0.05) is 84.9 Å². The Kier molecular flexibility index (Phi) is 12.9. The molecule has 0 spiro atoms. The molecule has 4 aromatic carbocycles. The summed E-state index contributed by atoms with van der Waals surface area (Å²) in [5.41, 5.74) is -0.0239. The Morgan fingerprint density at radius 3 is 2.28 bits per heavy atom. The van der Waals surface area contributed by atoms with Crippen molar-refractivity contribution in [2.45, 2.75) is 87.8 Å². The molecule has 68 heavy (non-hydrogen) atoms.